The fraction of sp³-hybridized carbons (Fsp3) is 1.00. The summed E-state index contributed by atoms with van der Waals surface area (Å²) in [7, 11) is 0. The van der Waals surface area contributed by atoms with Gasteiger partial charge in [-0.3, -0.25) is 0 Å². The van der Waals surface area contributed by atoms with Gasteiger partial charge in [-0.1, -0.05) is 20.3 Å². The predicted octanol–water partition coefficient (Wildman–Crippen LogP) is 4.85. The molecule has 4 saturated carbocycles. The summed E-state index contributed by atoms with van der Waals surface area (Å²) in [6, 6.07) is 0. The van der Waals surface area contributed by atoms with Crippen LogP contribution >= 0.6 is 0 Å². The van der Waals surface area contributed by atoms with Crippen molar-refractivity contribution in [2.24, 2.45) is 52.6 Å². The van der Waals surface area contributed by atoms with Gasteiger partial charge in [0.2, 0.25) is 0 Å². The lowest BCUT2D eigenvalue weighted by molar-refractivity contribution is -0.0659. The fourth-order valence-electron chi connectivity index (χ4n) is 7.58. The monoisotopic (exact) mass is 289 g/mol. The summed E-state index contributed by atoms with van der Waals surface area (Å²) in [5, 5.41) is 0. The SMILES string of the molecule is CC1CCC2C(CCC3C2CCC2(C)C(CN)CCC32)C1. The van der Waals surface area contributed by atoms with Gasteiger partial charge < -0.3 is 5.73 Å². The zero-order chi connectivity index (χ0) is 14.6. The van der Waals surface area contributed by atoms with Crippen molar-refractivity contribution in [3.63, 3.8) is 0 Å². The van der Waals surface area contributed by atoms with Gasteiger partial charge in [-0.05, 0) is 105 Å². The van der Waals surface area contributed by atoms with E-state index in [9.17, 15) is 0 Å². The molecule has 8 unspecified atom stereocenters. The van der Waals surface area contributed by atoms with Crippen LogP contribution in [0.4, 0.5) is 0 Å². The third-order valence-corrected chi connectivity index (χ3v) is 8.70. The van der Waals surface area contributed by atoms with E-state index in [1.807, 2.05) is 0 Å². The van der Waals surface area contributed by atoms with Crippen LogP contribution in [0.3, 0.4) is 0 Å². The van der Waals surface area contributed by atoms with Crippen molar-refractivity contribution in [1.82, 2.24) is 0 Å². The van der Waals surface area contributed by atoms with Gasteiger partial charge in [0, 0.05) is 0 Å². The average Bonchev–Trinajstić information content (AvgIpc) is 2.83. The highest BCUT2D eigenvalue weighted by molar-refractivity contribution is 5.06. The highest BCUT2D eigenvalue weighted by Crippen LogP contribution is 2.64. The van der Waals surface area contributed by atoms with Crippen LogP contribution in [0.25, 0.3) is 0 Å². The van der Waals surface area contributed by atoms with E-state index < -0.39 is 0 Å². The summed E-state index contributed by atoms with van der Waals surface area (Å²) in [5.74, 6) is 7.19. The summed E-state index contributed by atoms with van der Waals surface area (Å²) in [5.41, 5.74) is 6.72. The summed E-state index contributed by atoms with van der Waals surface area (Å²) in [4.78, 5) is 0. The van der Waals surface area contributed by atoms with Crippen LogP contribution in [0.5, 0.6) is 0 Å². The second-order valence-corrected chi connectivity index (χ2v) is 9.41. The van der Waals surface area contributed by atoms with Crippen molar-refractivity contribution >= 4 is 0 Å². The molecule has 0 amide bonds. The maximum atomic E-state index is 6.12. The van der Waals surface area contributed by atoms with Gasteiger partial charge in [0.05, 0.1) is 0 Å². The van der Waals surface area contributed by atoms with Gasteiger partial charge in [0.25, 0.3) is 0 Å². The molecule has 4 aliphatic carbocycles. The van der Waals surface area contributed by atoms with E-state index >= 15 is 0 Å². The Balaban J connectivity index is 1.55. The van der Waals surface area contributed by atoms with Crippen molar-refractivity contribution in [1.29, 1.82) is 0 Å². The van der Waals surface area contributed by atoms with Crippen LogP contribution < -0.4 is 5.73 Å². The fourth-order valence-corrected chi connectivity index (χ4v) is 7.58. The highest BCUT2D eigenvalue weighted by Gasteiger charge is 2.56. The van der Waals surface area contributed by atoms with Crippen LogP contribution in [0, 0.1) is 46.8 Å². The van der Waals surface area contributed by atoms with Crippen LogP contribution in [0.1, 0.15) is 71.6 Å². The minimum absolute atomic E-state index is 0.602. The number of nitrogens with two attached hydrogens (primary N) is 1. The van der Waals surface area contributed by atoms with Gasteiger partial charge in [-0.15, -0.1) is 0 Å². The Morgan fingerprint density at radius 3 is 2.52 bits per heavy atom. The molecule has 4 rings (SSSR count). The van der Waals surface area contributed by atoms with E-state index in [0.29, 0.717) is 5.41 Å². The number of hydrogen-bond donors (Lipinski definition) is 1. The standard InChI is InChI=1S/C20H35N/c1-13-3-6-16-14(11-13)4-7-18-17(16)9-10-20(2)15(12-21)5-8-19(18)20/h13-19H,3-12,21H2,1-2H3. The van der Waals surface area contributed by atoms with E-state index in [1.165, 1.54) is 32.1 Å². The number of rotatable bonds is 1. The molecule has 120 valence electrons. The molecule has 2 N–H and O–H groups in total. The van der Waals surface area contributed by atoms with Gasteiger partial charge in [-0.25, -0.2) is 0 Å². The van der Waals surface area contributed by atoms with Crippen molar-refractivity contribution < 1.29 is 0 Å². The first-order valence-electron chi connectivity index (χ1n) is 9.83. The lowest BCUT2D eigenvalue weighted by Crippen LogP contribution is -2.49. The molecule has 1 nitrogen and oxygen atoms in total. The van der Waals surface area contributed by atoms with Crippen molar-refractivity contribution in [2.75, 3.05) is 6.54 Å². The minimum atomic E-state index is 0.602. The maximum absolute atomic E-state index is 6.12. The van der Waals surface area contributed by atoms with Crippen molar-refractivity contribution in [2.45, 2.75) is 71.6 Å². The number of hydrogen-bond acceptors (Lipinski definition) is 1. The van der Waals surface area contributed by atoms with Gasteiger partial charge in [-0.2, -0.15) is 0 Å². The Morgan fingerprint density at radius 1 is 0.905 bits per heavy atom. The van der Waals surface area contributed by atoms with E-state index in [2.05, 4.69) is 13.8 Å². The molecule has 0 radical (unpaired) electrons. The normalized spacial score (nSPS) is 56.4. The molecular weight excluding hydrogens is 254 g/mol. The van der Waals surface area contributed by atoms with E-state index in [0.717, 1.165) is 48.0 Å². The molecule has 0 spiro atoms. The number of fused-ring (bicyclic) bond motifs is 5. The smallest absolute Gasteiger partial charge is 0.00435 e. The average molecular weight is 290 g/mol. The van der Waals surface area contributed by atoms with Crippen molar-refractivity contribution in [3.8, 4) is 0 Å². The molecule has 0 heterocycles. The predicted molar refractivity (Wildman–Crippen MR) is 88.8 cm³/mol. The molecule has 0 bridgehead atoms. The Morgan fingerprint density at radius 2 is 1.71 bits per heavy atom. The molecule has 0 aromatic rings. The maximum Gasteiger partial charge on any atom is -0.00435 e. The van der Waals surface area contributed by atoms with E-state index in [-0.39, 0.29) is 0 Å². The zero-order valence-electron chi connectivity index (χ0n) is 14.2. The first-order chi connectivity index (χ1) is 10.1. The van der Waals surface area contributed by atoms with Crippen molar-refractivity contribution in [3.05, 3.63) is 0 Å². The summed E-state index contributed by atoms with van der Waals surface area (Å²) in [6.07, 6.45) is 13.6. The summed E-state index contributed by atoms with van der Waals surface area (Å²) < 4.78 is 0. The van der Waals surface area contributed by atoms with E-state index in [4.69, 9.17) is 5.73 Å². The molecular formula is C20H35N. The first-order valence-corrected chi connectivity index (χ1v) is 9.83. The summed E-state index contributed by atoms with van der Waals surface area (Å²) >= 11 is 0. The minimum Gasteiger partial charge on any atom is -0.330 e. The van der Waals surface area contributed by atoms with Crippen LogP contribution in [-0.2, 0) is 0 Å². The topological polar surface area (TPSA) is 26.0 Å². The lowest BCUT2D eigenvalue weighted by atomic mass is 9.49. The van der Waals surface area contributed by atoms with E-state index in [1.54, 1.807) is 25.7 Å². The Hall–Kier alpha value is -0.0400. The third kappa shape index (κ3) is 2.13. The van der Waals surface area contributed by atoms with Crippen LogP contribution in [-0.4, -0.2) is 6.54 Å². The largest absolute Gasteiger partial charge is 0.330 e. The Kier molecular flexibility index (Phi) is 3.64. The summed E-state index contributed by atoms with van der Waals surface area (Å²) in [6.45, 7) is 6.03. The highest BCUT2D eigenvalue weighted by atomic mass is 14.7. The van der Waals surface area contributed by atoms with Crippen LogP contribution in [0.15, 0.2) is 0 Å². The third-order valence-electron chi connectivity index (χ3n) is 8.70. The second-order valence-electron chi connectivity index (χ2n) is 9.41. The molecule has 0 aliphatic heterocycles. The van der Waals surface area contributed by atoms with Crippen LogP contribution in [0.2, 0.25) is 0 Å². The zero-order valence-corrected chi connectivity index (χ0v) is 14.2. The molecule has 1 heteroatoms. The van der Waals surface area contributed by atoms with Gasteiger partial charge >= 0.3 is 0 Å². The van der Waals surface area contributed by atoms with Gasteiger partial charge in [0.15, 0.2) is 0 Å². The molecule has 0 aromatic carbocycles. The molecule has 8 atom stereocenters. The lowest BCUT2D eigenvalue weighted by Gasteiger charge is -2.56. The molecule has 4 fully saturated rings. The Bertz CT molecular complexity index is 391. The first kappa shape index (κ1) is 14.5. The molecule has 0 saturated heterocycles. The molecule has 4 aliphatic rings. The second kappa shape index (κ2) is 5.25. The quantitative estimate of drug-likeness (QED) is 0.733. The molecule has 0 aromatic heterocycles. The van der Waals surface area contributed by atoms with Gasteiger partial charge in [0.1, 0.15) is 0 Å². The Labute approximate surface area is 131 Å². The molecule has 21 heavy (non-hydrogen) atoms.